The van der Waals surface area contributed by atoms with Crippen molar-refractivity contribution in [1.82, 2.24) is 9.88 Å². The van der Waals surface area contributed by atoms with Gasteiger partial charge in [0.25, 0.3) is 0 Å². The number of rotatable bonds is 3. The molecule has 0 saturated heterocycles. The molecule has 1 saturated carbocycles. The van der Waals surface area contributed by atoms with Crippen LogP contribution in [0.25, 0.3) is 0 Å². The van der Waals surface area contributed by atoms with Crippen molar-refractivity contribution in [3.8, 4) is 6.07 Å². The molecule has 0 spiro atoms. The highest BCUT2D eigenvalue weighted by Crippen LogP contribution is 2.29. The predicted octanol–water partition coefficient (Wildman–Crippen LogP) is 1.39. The van der Waals surface area contributed by atoms with E-state index in [-0.39, 0.29) is 0 Å². The summed E-state index contributed by atoms with van der Waals surface area (Å²) in [6, 6.07) is 4.80. The van der Waals surface area contributed by atoms with E-state index in [0.29, 0.717) is 6.04 Å². The van der Waals surface area contributed by atoms with Crippen LogP contribution in [0.4, 0.5) is 0 Å². The van der Waals surface area contributed by atoms with Gasteiger partial charge in [-0.3, -0.25) is 0 Å². The molecule has 3 heteroatoms. The number of hydrogen-bond acceptors (Lipinski definition) is 2. The van der Waals surface area contributed by atoms with Crippen molar-refractivity contribution in [3.63, 3.8) is 0 Å². The molecule has 14 heavy (non-hydrogen) atoms. The molecule has 2 unspecified atom stereocenters. The van der Waals surface area contributed by atoms with Crippen molar-refractivity contribution in [2.45, 2.75) is 25.9 Å². The quantitative estimate of drug-likeness (QED) is 0.780. The van der Waals surface area contributed by atoms with E-state index in [1.807, 2.05) is 23.9 Å². The third-order valence-electron chi connectivity index (χ3n) is 2.85. The molecule has 2 atom stereocenters. The zero-order valence-corrected chi connectivity index (χ0v) is 8.62. The Hall–Kier alpha value is -1.27. The van der Waals surface area contributed by atoms with Crippen LogP contribution in [-0.4, -0.2) is 10.6 Å². The number of aryl methyl sites for hydroxylation is 1. The Morgan fingerprint density at radius 3 is 2.93 bits per heavy atom. The van der Waals surface area contributed by atoms with Crippen LogP contribution in [0.5, 0.6) is 0 Å². The fraction of sp³-hybridized carbons (Fsp3) is 0.545. The van der Waals surface area contributed by atoms with E-state index < -0.39 is 0 Å². The average molecular weight is 189 g/mol. The van der Waals surface area contributed by atoms with E-state index in [0.717, 1.165) is 18.2 Å². The SMILES string of the molecule is CC1CC1NCc1cc(C#N)n(C)c1. The summed E-state index contributed by atoms with van der Waals surface area (Å²) in [6.45, 7) is 3.13. The first-order valence-corrected chi connectivity index (χ1v) is 4.99. The number of aromatic nitrogens is 1. The van der Waals surface area contributed by atoms with Crippen LogP contribution in [0.3, 0.4) is 0 Å². The number of nitriles is 1. The van der Waals surface area contributed by atoms with Gasteiger partial charge in [0.15, 0.2) is 0 Å². The maximum absolute atomic E-state index is 8.77. The fourth-order valence-electron chi connectivity index (χ4n) is 1.70. The molecule has 0 amide bonds. The van der Waals surface area contributed by atoms with Gasteiger partial charge in [-0.05, 0) is 24.0 Å². The molecule has 0 bridgehead atoms. The molecule has 1 aliphatic rings. The monoisotopic (exact) mass is 189 g/mol. The molecule has 1 heterocycles. The maximum Gasteiger partial charge on any atom is 0.120 e. The summed E-state index contributed by atoms with van der Waals surface area (Å²) < 4.78 is 1.87. The topological polar surface area (TPSA) is 40.8 Å². The second-order valence-corrected chi connectivity index (χ2v) is 4.16. The summed E-state index contributed by atoms with van der Waals surface area (Å²) in [6.07, 6.45) is 3.30. The highest BCUT2D eigenvalue weighted by atomic mass is 15.0. The van der Waals surface area contributed by atoms with Gasteiger partial charge in [-0.2, -0.15) is 5.26 Å². The van der Waals surface area contributed by atoms with Gasteiger partial charge < -0.3 is 9.88 Å². The van der Waals surface area contributed by atoms with Crippen molar-refractivity contribution in [3.05, 3.63) is 23.5 Å². The number of nitrogens with one attached hydrogen (secondary N) is 1. The van der Waals surface area contributed by atoms with Crippen molar-refractivity contribution in [1.29, 1.82) is 5.26 Å². The molecule has 1 aliphatic carbocycles. The number of nitrogens with zero attached hydrogens (tertiary/aromatic N) is 2. The molecular formula is C11H15N3. The first kappa shape index (κ1) is 9.29. The summed E-state index contributed by atoms with van der Waals surface area (Å²) >= 11 is 0. The summed E-state index contributed by atoms with van der Waals surface area (Å²) in [5, 5.41) is 12.2. The third kappa shape index (κ3) is 1.80. The smallest absolute Gasteiger partial charge is 0.120 e. The maximum atomic E-state index is 8.77. The van der Waals surface area contributed by atoms with Crippen LogP contribution in [0.1, 0.15) is 24.6 Å². The van der Waals surface area contributed by atoms with Crippen LogP contribution in [0.15, 0.2) is 12.3 Å². The van der Waals surface area contributed by atoms with Gasteiger partial charge in [-0.15, -0.1) is 0 Å². The lowest BCUT2D eigenvalue weighted by Crippen LogP contribution is -2.16. The minimum atomic E-state index is 0.695. The van der Waals surface area contributed by atoms with Crippen molar-refractivity contribution in [2.75, 3.05) is 0 Å². The molecule has 0 radical (unpaired) electrons. The summed E-state index contributed by atoms with van der Waals surface area (Å²) in [7, 11) is 1.90. The Morgan fingerprint density at radius 2 is 2.43 bits per heavy atom. The predicted molar refractivity (Wildman–Crippen MR) is 54.5 cm³/mol. The second-order valence-electron chi connectivity index (χ2n) is 4.16. The Bertz CT molecular complexity index is 372. The first-order valence-electron chi connectivity index (χ1n) is 4.99. The van der Waals surface area contributed by atoms with Crippen LogP contribution in [-0.2, 0) is 13.6 Å². The van der Waals surface area contributed by atoms with Gasteiger partial charge in [-0.25, -0.2) is 0 Å². The van der Waals surface area contributed by atoms with E-state index >= 15 is 0 Å². The van der Waals surface area contributed by atoms with Gasteiger partial charge in [0, 0.05) is 25.8 Å². The van der Waals surface area contributed by atoms with Gasteiger partial charge >= 0.3 is 0 Å². The van der Waals surface area contributed by atoms with E-state index in [9.17, 15) is 0 Å². The van der Waals surface area contributed by atoms with Crippen molar-refractivity contribution >= 4 is 0 Å². The highest BCUT2D eigenvalue weighted by molar-refractivity contribution is 5.28. The molecule has 0 aromatic carbocycles. The minimum absolute atomic E-state index is 0.695. The van der Waals surface area contributed by atoms with E-state index in [2.05, 4.69) is 18.3 Å². The number of hydrogen-bond donors (Lipinski definition) is 1. The highest BCUT2D eigenvalue weighted by Gasteiger charge is 2.31. The first-order chi connectivity index (χ1) is 6.70. The molecule has 74 valence electrons. The zero-order chi connectivity index (χ0) is 10.1. The minimum Gasteiger partial charge on any atom is -0.342 e. The summed E-state index contributed by atoms with van der Waals surface area (Å²) in [5.74, 6) is 0.828. The Labute approximate surface area is 84.3 Å². The third-order valence-corrected chi connectivity index (χ3v) is 2.85. The molecule has 1 aromatic rings. The molecule has 2 rings (SSSR count). The molecule has 1 N–H and O–H groups in total. The Balaban J connectivity index is 1.93. The van der Waals surface area contributed by atoms with E-state index in [4.69, 9.17) is 5.26 Å². The van der Waals surface area contributed by atoms with Crippen LogP contribution in [0, 0.1) is 17.2 Å². The van der Waals surface area contributed by atoms with Crippen LogP contribution >= 0.6 is 0 Å². The lowest BCUT2D eigenvalue weighted by Gasteiger charge is -1.99. The van der Waals surface area contributed by atoms with Gasteiger partial charge in [0.05, 0.1) is 0 Å². The van der Waals surface area contributed by atoms with Crippen LogP contribution < -0.4 is 5.32 Å². The standard InChI is InChI=1S/C11H15N3/c1-8-3-11(8)13-6-9-4-10(5-12)14(2)7-9/h4,7-8,11,13H,3,6H2,1-2H3. The van der Waals surface area contributed by atoms with Crippen molar-refractivity contribution in [2.24, 2.45) is 13.0 Å². The molecule has 3 nitrogen and oxygen atoms in total. The average Bonchev–Trinajstić information content (AvgIpc) is 2.73. The van der Waals surface area contributed by atoms with Gasteiger partial charge in [-0.1, -0.05) is 6.92 Å². The molecular weight excluding hydrogens is 174 g/mol. The fourth-order valence-corrected chi connectivity index (χ4v) is 1.70. The lowest BCUT2D eigenvalue weighted by molar-refractivity contribution is 0.652. The van der Waals surface area contributed by atoms with Gasteiger partial charge in [0.2, 0.25) is 0 Å². The molecule has 1 aromatic heterocycles. The largest absolute Gasteiger partial charge is 0.342 e. The zero-order valence-electron chi connectivity index (χ0n) is 8.62. The van der Waals surface area contributed by atoms with Crippen molar-refractivity contribution < 1.29 is 0 Å². The summed E-state index contributed by atoms with van der Waals surface area (Å²) in [4.78, 5) is 0. The normalized spacial score (nSPS) is 24.6. The summed E-state index contributed by atoms with van der Waals surface area (Å²) in [5.41, 5.74) is 1.92. The Morgan fingerprint density at radius 1 is 1.71 bits per heavy atom. The van der Waals surface area contributed by atoms with E-state index in [1.54, 1.807) is 0 Å². The van der Waals surface area contributed by atoms with Crippen LogP contribution in [0.2, 0.25) is 0 Å². The molecule has 0 aliphatic heterocycles. The molecule has 1 fully saturated rings. The second kappa shape index (κ2) is 3.47. The Kier molecular flexibility index (Phi) is 2.30. The lowest BCUT2D eigenvalue weighted by atomic mass is 10.3. The van der Waals surface area contributed by atoms with E-state index in [1.165, 1.54) is 12.0 Å². The van der Waals surface area contributed by atoms with Gasteiger partial charge in [0.1, 0.15) is 11.8 Å².